The molecule has 0 spiro atoms. The topological polar surface area (TPSA) is 46.2 Å². The standard InChI is InChI=1S/C26H22O5/c1-27-19-7-3-9-21(15-19)29-23-11-5-13-25(17-23)31-26-14-6-12-24(18-26)30-22-10-4-8-20(16-22)28-2/h3-18H,1-2H3. The van der Waals surface area contributed by atoms with Gasteiger partial charge < -0.3 is 23.7 Å². The van der Waals surface area contributed by atoms with Crippen molar-refractivity contribution in [2.45, 2.75) is 0 Å². The van der Waals surface area contributed by atoms with Gasteiger partial charge in [-0.3, -0.25) is 0 Å². The minimum absolute atomic E-state index is 0.652. The number of rotatable bonds is 8. The molecule has 31 heavy (non-hydrogen) atoms. The first-order valence-corrected chi connectivity index (χ1v) is 9.73. The summed E-state index contributed by atoms with van der Waals surface area (Å²) in [6.45, 7) is 0. The predicted octanol–water partition coefficient (Wildman–Crippen LogP) is 7.08. The van der Waals surface area contributed by atoms with Crippen LogP contribution in [0.15, 0.2) is 97.1 Å². The van der Waals surface area contributed by atoms with Crippen LogP contribution in [0, 0.1) is 0 Å². The number of hydrogen-bond donors (Lipinski definition) is 0. The molecule has 0 radical (unpaired) electrons. The third kappa shape index (κ3) is 5.48. The molecule has 4 aromatic carbocycles. The minimum Gasteiger partial charge on any atom is -0.497 e. The van der Waals surface area contributed by atoms with E-state index >= 15 is 0 Å². The van der Waals surface area contributed by atoms with Crippen LogP contribution in [0.5, 0.6) is 46.0 Å². The van der Waals surface area contributed by atoms with Crippen LogP contribution in [0.4, 0.5) is 0 Å². The van der Waals surface area contributed by atoms with E-state index in [4.69, 9.17) is 23.7 Å². The van der Waals surface area contributed by atoms with Crippen molar-refractivity contribution in [2.24, 2.45) is 0 Å². The van der Waals surface area contributed by atoms with Gasteiger partial charge in [-0.1, -0.05) is 24.3 Å². The SMILES string of the molecule is COc1cccc(Oc2cccc(Oc3cccc(Oc4cccc(OC)c4)c3)c2)c1. The molecule has 0 amide bonds. The number of methoxy groups -OCH3 is 2. The van der Waals surface area contributed by atoms with E-state index in [1.165, 1.54) is 0 Å². The van der Waals surface area contributed by atoms with Crippen molar-refractivity contribution in [3.63, 3.8) is 0 Å². The Hall–Kier alpha value is -4.12. The average Bonchev–Trinajstić information content (AvgIpc) is 2.80. The summed E-state index contributed by atoms with van der Waals surface area (Å²) < 4.78 is 28.3. The van der Waals surface area contributed by atoms with E-state index in [9.17, 15) is 0 Å². The fourth-order valence-corrected chi connectivity index (χ4v) is 2.94. The zero-order valence-electron chi connectivity index (χ0n) is 17.3. The van der Waals surface area contributed by atoms with Gasteiger partial charge in [0.2, 0.25) is 0 Å². The third-order valence-electron chi connectivity index (χ3n) is 4.40. The summed E-state index contributed by atoms with van der Waals surface area (Å²) in [6.07, 6.45) is 0. The van der Waals surface area contributed by atoms with Crippen molar-refractivity contribution in [2.75, 3.05) is 14.2 Å². The Morgan fingerprint density at radius 3 is 0.839 bits per heavy atom. The van der Waals surface area contributed by atoms with Gasteiger partial charge in [-0.15, -0.1) is 0 Å². The first kappa shape index (κ1) is 20.2. The maximum Gasteiger partial charge on any atom is 0.131 e. The lowest BCUT2D eigenvalue weighted by Gasteiger charge is -2.11. The van der Waals surface area contributed by atoms with Crippen molar-refractivity contribution in [3.8, 4) is 46.0 Å². The van der Waals surface area contributed by atoms with Gasteiger partial charge in [-0.25, -0.2) is 0 Å². The Morgan fingerprint density at radius 2 is 0.581 bits per heavy atom. The first-order chi connectivity index (χ1) is 15.2. The molecule has 0 heterocycles. The zero-order chi connectivity index (χ0) is 21.5. The molecule has 0 aliphatic heterocycles. The van der Waals surface area contributed by atoms with E-state index < -0.39 is 0 Å². The average molecular weight is 414 g/mol. The highest BCUT2D eigenvalue weighted by Crippen LogP contribution is 2.32. The lowest BCUT2D eigenvalue weighted by molar-refractivity contribution is 0.408. The molecule has 4 rings (SSSR count). The molecule has 0 saturated heterocycles. The summed E-state index contributed by atoms with van der Waals surface area (Å²) in [5.41, 5.74) is 0. The summed E-state index contributed by atoms with van der Waals surface area (Å²) in [4.78, 5) is 0. The normalized spacial score (nSPS) is 10.3. The van der Waals surface area contributed by atoms with E-state index in [1.54, 1.807) is 14.2 Å². The van der Waals surface area contributed by atoms with Crippen LogP contribution in [-0.2, 0) is 0 Å². The van der Waals surface area contributed by atoms with E-state index in [-0.39, 0.29) is 0 Å². The molecule has 5 nitrogen and oxygen atoms in total. The van der Waals surface area contributed by atoms with Crippen molar-refractivity contribution < 1.29 is 23.7 Å². The molecule has 156 valence electrons. The van der Waals surface area contributed by atoms with Gasteiger partial charge >= 0.3 is 0 Å². The largest absolute Gasteiger partial charge is 0.497 e. The van der Waals surface area contributed by atoms with Crippen LogP contribution < -0.4 is 23.7 Å². The van der Waals surface area contributed by atoms with Gasteiger partial charge in [0.25, 0.3) is 0 Å². The molecule has 0 bridgehead atoms. The number of ether oxygens (including phenoxy) is 5. The molecular weight excluding hydrogens is 392 g/mol. The first-order valence-electron chi connectivity index (χ1n) is 9.73. The highest BCUT2D eigenvalue weighted by atomic mass is 16.5. The van der Waals surface area contributed by atoms with Gasteiger partial charge in [0.05, 0.1) is 14.2 Å². The molecule has 0 saturated carbocycles. The third-order valence-corrected chi connectivity index (χ3v) is 4.40. The second-order valence-corrected chi connectivity index (χ2v) is 6.61. The second-order valence-electron chi connectivity index (χ2n) is 6.61. The molecule has 0 atom stereocenters. The molecule has 0 aliphatic rings. The van der Waals surface area contributed by atoms with Gasteiger partial charge in [-0.05, 0) is 48.5 Å². The molecule has 0 fully saturated rings. The van der Waals surface area contributed by atoms with Gasteiger partial charge in [0.15, 0.2) is 0 Å². The highest BCUT2D eigenvalue weighted by Gasteiger charge is 2.05. The predicted molar refractivity (Wildman–Crippen MR) is 119 cm³/mol. The van der Waals surface area contributed by atoms with E-state index in [1.807, 2.05) is 97.1 Å². The maximum absolute atomic E-state index is 6.02. The Bertz CT molecular complexity index is 1060. The van der Waals surface area contributed by atoms with E-state index in [2.05, 4.69) is 0 Å². The Labute approximate surface area is 181 Å². The summed E-state index contributed by atoms with van der Waals surface area (Å²) in [7, 11) is 3.25. The maximum atomic E-state index is 6.02. The van der Waals surface area contributed by atoms with Gasteiger partial charge in [0.1, 0.15) is 46.0 Å². The Kier molecular flexibility index (Phi) is 6.24. The smallest absolute Gasteiger partial charge is 0.131 e. The van der Waals surface area contributed by atoms with Crippen LogP contribution >= 0.6 is 0 Å². The summed E-state index contributed by atoms with van der Waals surface area (Å²) >= 11 is 0. The van der Waals surface area contributed by atoms with Crippen LogP contribution in [0.3, 0.4) is 0 Å². The molecule has 0 N–H and O–H groups in total. The van der Waals surface area contributed by atoms with Crippen LogP contribution in [0.25, 0.3) is 0 Å². The zero-order valence-corrected chi connectivity index (χ0v) is 17.3. The van der Waals surface area contributed by atoms with Crippen molar-refractivity contribution in [1.29, 1.82) is 0 Å². The van der Waals surface area contributed by atoms with Crippen LogP contribution in [0.2, 0.25) is 0 Å². The second kappa shape index (κ2) is 9.59. The number of hydrogen-bond acceptors (Lipinski definition) is 5. The van der Waals surface area contributed by atoms with Crippen LogP contribution in [0.1, 0.15) is 0 Å². The molecule has 4 aromatic rings. The van der Waals surface area contributed by atoms with Crippen molar-refractivity contribution in [3.05, 3.63) is 97.1 Å². The van der Waals surface area contributed by atoms with Gasteiger partial charge in [0, 0.05) is 24.3 Å². The lowest BCUT2D eigenvalue weighted by Crippen LogP contribution is -1.89. The van der Waals surface area contributed by atoms with Crippen LogP contribution in [-0.4, -0.2) is 14.2 Å². The molecule has 0 aliphatic carbocycles. The molecule has 0 unspecified atom stereocenters. The lowest BCUT2D eigenvalue weighted by atomic mass is 10.3. The fourth-order valence-electron chi connectivity index (χ4n) is 2.94. The van der Waals surface area contributed by atoms with Crippen molar-refractivity contribution in [1.82, 2.24) is 0 Å². The highest BCUT2D eigenvalue weighted by molar-refractivity contribution is 5.43. The fraction of sp³-hybridized carbons (Fsp3) is 0.0769. The van der Waals surface area contributed by atoms with E-state index in [0.29, 0.717) is 34.5 Å². The Balaban J connectivity index is 1.46. The Morgan fingerprint density at radius 1 is 0.355 bits per heavy atom. The monoisotopic (exact) mass is 414 g/mol. The van der Waals surface area contributed by atoms with Gasteiger partial charge in [-0.2, -0.15) is 0 Å². The number of benzene rings is 4. The molecular formula is C26H22O5. The quantitative estimate of drug-likeness (QED) is 0.308. The van der Waals surface area contributed by atoms with E-state index in [0.717, 1.165) is 11.5 Å². The van der Waals surface area contributed by atoms with Crippen molar-refractivity contribution >= 4 is 0 Å². The molecule has 5 heteroatoms. The summed E-state index contributed by atoms with van der Waals surface area (Å²) in [5.74, 6) is 5.47. The molecule has 0 aromatic heterocycles. The minimum atomic E-state index is 0.652. The summed E-state index contributed by atoms with van der Waals surface area (Å²) in [5, 5.41) is 0. The summed E-state index contributed by atoms with van der Waals surface area (Å²) in [6, 6.07) is 29.8.